The van der Waals surface area contributed by atoms with Crippen molar-refractivity contribution < 1.29 is 13.9 Å². The number of ether oxygens (including phenoxy) is 1. The summed E-state index contributed by atoms with van der Waals surface area (Å²) in [4.78, 5) is 12.4. The zero-order valence-corrected chi connectivity index (χ0v) is 14.1. The van der Waals surface area contributed by atoms with Crippen molar-refractivity contribution in [3.05, 3.63) is 29.6 Å². The molecule has 0 aromatic heterocycles. The van der Waals surface area contributed by atoms with Crippen molar-refractivity contribution in [1.29, 1.82) is 0 Å². The first-order valence-corrected chi connectivity index (χ1v) is 7.98. The quantitative estimate of drug-likeness (QED) is 0.887. The molecule has 2 atom stereocenters. The van der Waals surface area contributed by atoms with Crippen LogP contribution in [0.1, 0.15) is 42.5 Å². The number of carbonyl (C=O) groups excluding carboxylic acids is 1. The van der Waals surface area contributed by atoms with Gasteiger partial charge in [-0.3, -0.25) is 4.79 Å². The summed E-state index contributed by atoms with van der Waals surface area (Å²) in [5, 5.41) is 3.12. The maximum Gasteiger partial charge on any atom is 0.251 e. The van der Waals surface area contributed by atoms with E-state index in [9.17, 15) is 9.18 Å². The van der Waals surface area contributed by atoms with Crippen LogP contribution in [0.5, 0.6) is 5.75 Å². The van der Waals surface area contributed by atoms with Gasteiger partial charge in [-0.25, -0.2) is 4.39 Å². The van der Waals surface area contributed by atoms with Crippen LogP contribution in [0.4, 0.5) is 4.39 Å². The molecule has 128 valence electrons. The molecule has 1 amide bonds. The topological polar surface area (TPSA) is 64.3 Å². The Morgan fingerprint density at radius 2 is 1.96 bits per heavy atom. The van der Waals surface area contributed by atoms with E-state index in [0.717, 1.165) is 25.7 Å². The molecule has 2 saturated carbocycles. The Morgan fingerprint density at radius 1 is 1.30 bits per heavy atom. The normalized spacial score (nSPS) is 29.3. The molecule has 1 aromatic carbocycles. The van der Waals surface area contributed by atoms with Crippen molar-refractivity contribution in [3.63, 3.8) is 0 Å². The van der Waals surface area contributed by atoms with Crippen LogP contribution in [-0.4, -0.2) is 25.1 Å². The third-order valence-electron chi connectivity index (χ3n) is 5.09. The average Bonchev–Trinajstić information content (AvgIpc) is 2.48. The number of amides is 1. The lowest BCUT2D eigenvalue weighted by Crippen LogP contribution is -2.53. The average molecular weight is 343 g/mol. The van der Waals surface area contributed by atoms with Crippen LogP contribution in [0.15, 0.2) is 18.2 Å². The van der Waals surface area contributed by atoms with Crippen molar-refractivity contribution in [2.75, 3.05) is 7.11 Å². The molecule has 1 aromatic rings. The van der Waals surface area contributed by atoms with Crippen molar-refractivity contribution in [1.82, 2.24) is 5.32 Å². The minimum absolute atomic E-state index is 0. The first kappa shape index (κ1) is 18.0. The predicted octanol–water partition coefficient (Wildman–Crippen LogP) is 2.89. The molecule has 0 spiro atoms. The van der Waals surface area contributed by atoms with Crippen LogP contribution in [-0.2, 0) is 0 Å². The summed E-state index contributed by atoms with van der Waals surface area (Å²) in [5.41, 5.74) is 6.44. The van der Waals surface area contributed by atoms with E-state index in [1.54, 1.807) is 6.07 Å². The molecule has 2 aliphatic rings. The molecular formula is C17H24ClFN2O2. The van der Waals surface area contributed by atoms with Gasteiger partial charge in [0.15, 0.2) is 11.6 Å². The molecular weight excluding hydrogens is 319 g/mol. The van der Waals surface area contributed by atoms with Gasteiger partial charge in [-0.05, 0) is 55.7 Å². The predicted molar refractivity (Wildman–Crippen MR) is 89.5 cm³/mol. The van der Waals surface area contributed by atoms with Gasteiger partial charge in [-0.2, -0.15) is 0 Å². The molecule has 4 nitrogen and oxygen atoms in total. The summed E-state index contributed by atoms with van der Waals surface area (Å²) in [7, 11) is 1.41. The molecule has 0 radical (unpaired) electrons. The third-order valence-corrected chi connectivity index (χ3v) is 5.09. The lowest BCUT2D eigenvalue weighted by molar-refractivity contribution is 0.0755. The number of rotatable bonds is 3. The number of benzene rings is 1. The van der Waals surface area contributed by atoms with Crippen LogP contribution in [0.3, 0.4) is 0 Å². The van der Waals surface area contributed by atoms with E-state index in [1.165, 1.54) is 25.7 Å². The fourth-order valence-corrected chi connectivity index (χ4v) is 4.07. The molecule has 2 unspecified atom stereocenters. The number of hydrogen-bond acceptors (Lipinski definition) is 3. The van der Waals surface area contributed by atoms with Gasteiger partial charge in [0.25, 0.3) is 5.91 Å². The summed E-state index contributed by atoms with van der Waals surface area (Å²) >= 11 is 0. The minimum Gasteiger partial charge on any atom is -0.494 e. The lowest BCUT2D eigenvalue weighted by Gasteiger charge is -2.45. The van der Waals surface area contributed by atoms with Crippen molar-refractivity contribution in [2.24, 2.45) is 17.6 Å². The molecule has 0 aliphatic heterocycles. The molecule has 23 heavy (non-hydrogen) atoms. The molecule has 0 saturated heterocycles. The zero-order chi connectivity index (χ0) is 15.7. The largest absolute Gasteiger partial charge is 0.494 e. The maximum atomic E-state index is 13.7. The number of fused-ring (bicyclic) bond motifs is 2. The van der Waals surface area contributed by atoms with Crippen LogP contribution < -0.4 is 15.8 Å². The number of nitrogens with two attached hydrogens (primary N) is 1. The maximum absolute atomic E-state index is 13.7. The first-order valence-electron chi connectivity index (χ1n) is 7.98. The number of nitrogens with one attached hydrogen (secondary N) is 1. The van der Waals surface area contributed by atoms with E-state index in [-0.39, 0.29) is 36.1 Å². The van der Waals surface area contributed by atoms with E-state index in [4.69, 9.17) is 10.5 Å². The van der Waals surface area contributed by atoms with Crippen LogP contribution >= 0.6 is 12.4 Å². The highest BCUT2D eigenvalue weighted by atomic mass is 35.5. The summed E-state index contributed by atoms with van der Waals surface area (Å²) in [6.07, 6.45) is 5.39. The van der Waals surface area contributed by atoms with Crippen molar-refractivity contribution in [3.8, 4) is 5.75 Å². The van der Waals surface area contributed by atoms with Gasteiger partial charge in [0.1, 0.15) is 0 Å². The van der Waals surface area contributed by atoms with Gasteiger partial charge < -0.3 is 15.8 Å². The Morgan fingerprint density at radius 3 is 2.52 bits per heavy atom. The molecule has 2 bridgehead atoms. The highest BCUT2D eigenvalue weighted by Gasteiger charge is 2.39. The molecule has 2 fully saturated rings. The Hall–Kier alpha value is -1.33. The fourth-order valence-electron chi connectivity index (χ4n) is 4.07. The van der Waals surface area contributed by atoms with Crippen LogP contribution in [0.25, 0.3) is 0 Å². The van der Waals surface area contributed by atoms with Gasteiger partial charge >= 0.3 is 0 Å². The van der Waals surface area contributed by atoms with Gasteiger partial charge in [-0.15, -0.1) is 12.4 Å². The Labute approximate surface area is 142 Å². The second-order valence-corrected chi connectivity index (χ2v) is 6.53. The van der Waals surface area contributed by atoms with E-state index in [0.29, 0.717) is 17.4 Å². The number of methoxy groups -OCH3 is 1. The monoisotopic (exact) mass is 342 g/mol. The summed E-state index contributed by atoms with van der Waals surface area (Å²) in [6, 6.07) is 4.75. The second-order valence-electron chi connectivity index (χ2n) is 6.53. The summed E-state index contributed by atoms with van der Waals surface area (Å²) < 4.78 is 18.6. The first-order chi connectivity index (χ1) is 10.6. The second kappa shape index (κ2) is 7.49. The van der Waals surface area contributed by atoms with Crippen LogP contribution in [0.2, 0.25) is 0 Å². The van der Waals surface area contributed by atoms with Gasteiger partial charge in [0.2, 0.25) is 0 Å². The molecule has 3 rings (SSSR count). The fraction of sp³-hybridized carbons (Fsp3) is 0.588. The molecule has 2 aliphatic carbocycles. The third kappa shape index (κ3) is 3.78. The van der Waals surface area contributed by atoms with E-state index in [2.05, 4.69) is 5.32 Å². The van der Waals surface area contributed by atoms with E-state index < -0.39 is 5.82 Å². The highest BCUT2D eigenvalue weighted by Crippen LogP contribution is 2.39. The minimum atomic E-state index is -0.513. The lowest BCUT2D eigenvalue weighted by atomic mass is 9.67. The van der Waals surface area contributed by atoms with Crippen LogP contribution in [0, 0.1) is 17.7 Å². The van der Waals surface area contributed by atoms with E-state index >= 15 is 0 Å². The molecule has 0 heterocycles. The number of halogens is 2. The van der Waals surface area contributed by atoms with Gasteiger partial charge in [0.05, 0.1) is 7.11 Å². The van der Waals surface area contributed by atoms with Gasteiger partial charge in [-0.1, -0.05) is 6.42 Å². The summed E-state index contributed by atoms with van der Waals surface area (Å²) in [6.45, 7) is 0. The number of carbonyl (C=O) groups is 1. The Bertz CT molecular complexity index is 556. The van der Waals surface area contributed by atoms with Gasteiger partial charge in [0, 0.05) is 17.6 Å². The SMILES string of the molecule is COc1ccc(C(=O)NC2C3CCCC2CC(N)C3)cc1F.Cl. The molecule has 3 N–H and O–H groups in total. The van der Waals surface area contributed by atoms with E-state index in [1.807, 2.05) is 0 Å². The number of hydrogen-bond donors (Lipinski definition) is 2. The zero-order valence-electron chi connectivity index (χ0n) is 13.3. The smallest absolute Gasteiger partial charge is 0.251 e. The highest BCUT2D eigenvalue weighted by molar-refractivity contribution is 5.94. The van der Waals surface area contributed by atoms with Crippen molar-refractivity contribution in [2.45, 2.75) is 44.2 Å². The van der Waals surface area contributed by atoms with Crippen molar-refractivity contribution >= 4 is 18.3 Å². The Kier molecular flexibility index (Phi) is 5.87. The molecule has 6 heteroatoms. The summed E-state index contributed by atoms with van der Waals surface area (Å²) in [5.74, 6) is 0.334. The Balaban J connectivity index is 0.00000192. The standard InChI is InChI=1S/C17H23FN2O2.ClH/c1-22-15-6-5-12(9-14(15)18)17(21)20-16-10-3-2-4-11(16)8-13(19)7-10;/h5-6,9-11,13,16H,2-4,7-8,19H2,1H3,(H,20,21);1H.